The van der Waals surface area contributed by atoms with Gasteiger partial charge in [0, 0.05) is 13.1 Å². The number of hydrogen-bond donors (Lipinski definition) is 2. The number of halogens is 1. The summed E-state index contributed by atoms with van der Waals surface area (Å²) in [7, 11) is 0. The van der Waals surface area contributed by atoms with Crippen LogP contribution in [-0.4, -0.2) is 23.1 Å². The second kappa shape index (κ2) is 5.21. The molecule has 0 radical (unpaired) electrons. The molecular weight excluding hydrogens is 171 g/mol. The highest BCUT2D eigenvalue weighted by Gasteiger charge is 1.92. The molecule has 0 aliphatic heterocycles. The summed E-state index contributed by atoms with van der Waals surface area (Å²) in [6.07, 6.45) is 5.90. The molecule has 0 aliphatic carbocycles. The van der Waals surface area contributed by atoms with Gasteiger partial charge in [0.2, 0.25) is 5.95 Å². The molecule has 4 nitrogen and oxygen atoms in total. The van der Waals surface area contributed by atoms with Crippen molar-refractivity contribution in [2.75, 3.05) is 18.4 Å². The Kier molecular flexibility index (Phi) is 3.84. The zero-order valence-electron chi connectivity index (χ0n) is 7.07. The van der Waals surface area contributed by atoms with Gasteiger partial charge in [-0.2, -0.15) is 0 Å². The Balaban J connectivity index is 2.37. The van der Waals surface area contributed by atoms with Crippen LogP contribution in [0.2, 0.25) is 0 Å². The van der Waals surface area contributed by atoms with Crippen molar-refractivity contribution >= 4 is 5.95 Å². The molecule has 1 rings (SSSR count). The Hall–Kier alpha value is -1.49. The molecule has 0 fully saturated rings. The SMILES string of the molecule is NC/C=C/CNc1ncc(F)cn1. The fourth-order valence-electron chi connectivity index (χ4n) is 0.733. The monoisotopic (exact) mass is 182 g/mol. The maximum absolute atomic E-state index is 12.3. The second-order valence-corrected chi connectivity index (χ2v) is 2.31. The Bertz CT molecular complexity index is 270. The standard InChI is InChI=1S/C8H11FN4/c9-7-5-12-8(13-6-7)11-4-2-1-3-10/h1-2,5-6H,3-4,10H2,(H,11,12,13)/b2-1+. The largest absolute Gasteiger partial charge is 0.351 e. The van der Waals surface area contributed by atoms with Gasteiger partial charge in [0.15, 0.2) is 5.82 Å². The number of nitrogens with one attached hydrogen (secondary N) is 1. The third kappa shape index (κ3) is 3.62. The Morgan fingerprint density at radius 3 is 2.69 bits per heavy atom. The van der Waals surface area contributed by atoms with E-state index >= 15 is 0 Å². The number of anilines is 1. The average molecular weight is 182 g/mol. The molecule has 0 aromatic carbocycles. The molecule has 1 aromatic heterocycles. The summed E-state index contributed by atoms with van der Waals surface area (Å²) in [6.45, 7) is 1.09. The van der Waals surface area contributed by atoms with Crippen LogP contribution in [0.5, 0.6) is 0 Å². The molecule has 0 saturated carbocycles. The van der Waals surface area contributed by atoms with Gasteiger partial charge in [-0.1, -0.05) is 12.2 Å². The summed E-state index contributed by atoms with van der Waals surface area (Å²) in [5, 5.41) is 2.88. The van der Waals surface area contributed by atoms with E-state index in [-0.39, 0.29) is 0 Å². The summed E-state index contributed by atoms with van der Waals surface area (Å²) in [6, 6.07) is 0. The summed E-state index contributed by atoms with van der Waals surface area (Å²) in [4.78, 5) is 7.43. The first kappa shape index (κ1) is 9.60. The van der Waals surface area contributed by atoms with Gasteiger partial charge in [-0.25, -0.2) is 14.4 Å². The van der Waals surface area contributed by atoms with Crippen molar-refractivity contribution in [1.82, 2.24) is 9.97 Å². The summed E-state index contributed by atoms with van der Waals surface area (Å²) >= 11 is 0. The Labute approximate surface area is 75.7 Å². The lowest BCUT2D eigenvalue weighted by atomic mass is 10.5. The lowest BCUT2D eigenvalue weighted by Gasteiger charge is -1.99. The molecule has 3 N–H and O–H groups in total. The van der Waals surface area contributed by atoms with Gasteiger partial charge in [0.25, 0.3) is 0 Å². The van der Waals surface area contributed by atoms with Crippen molar-refractivity contribution in [2.45, 2.75) is 0 Å². The van der Waals surface area contributed by atoms with Gasteiger partial charge >= 0.3 is 0 Å². The van der Waals surface area contributed by atoms with E-state index < -0.39 is 5.82 Å². The molecule has 0 saturated heterocycles. The van der Waals surface area contributed by atoms with Gasteiger partial charge < -0.3 is 11.1 Å². The number of nitrogens with two attached hydrogens (primary N) is 1. The molecule has 1 aromatic rings. The van der Waals surface area contributed by atoms with Crippen LogP contribution in [0, 0.1) is 5.82 Å². The molecule has 70 valence electrons. The molecule has 0 amide bonds. The van der Waals surface area contributed by atoms with Crippen molar-refractivity contribution in [3.63, 3.8) is 0 Å². The van der Waals surface area contributed by atoms with Crippen LogP contribution in [-0.2, 0) is 0 Å². The average Bonchev–Trinajstić information content (AvgIpc) is 2.15. The van der Waals surface area contributed by atoms with E-state index in [4.69, 9.17) is 5.73 Å². The van der Waals surface area contributed by atoms with Gasteiger partial charge in [-0.15, -0.1) is 0 Å². The topological polar surface area (TPSA) is 63.8 Å². The molecule has 0 unspecified atom stereocenters. The van der Waals surface area contributed by atoms with Crippen molar-refractivity contribution in [2.24, 2.45) is 5.73 Å². The van der Waals surface area contributed by atoms with Crippen LogP contribution in [0.4, 0.5) is 10.3 Å². The number of hydrogen-bond acceptors (Lipinski definition) is 4. The van der Waals surface area contributed by atoms with E-state index in [0.717, 1.165) is 12.4 Å². The van der Waals surface area contributed by atoms with E-state index in [9.17, 15) is 4.39 Å². The van der Waals surface area contributed by atoms with E-state index in [0.29, 0.717) is 19.0 Å². The third-order valence-corrected chi connectivity index (χ3v) is 1.30. The molecule has 13 heavy (non-hydrogen) atoms. The van der Waals surface area contributed by atoms with Crippen LogP contribution < -0.4 is 11.1 Å². The first-order chi connectivity index (χ1) is 6.33. The van der Waals surface area contributed by atoms with Crippen molar-refractivity contribution in [1.29, 1.82) is 0 Å². The van der Waals surface area contributed by atoms with E-state index in [2.05, 4.69) is 15.3 Å². The molecule has 0 bridgehead atoms. The van der Waals surface area contributed by atoms with Crippen molar-refractivity contribution in [3.8, 4) is 0 Å². The Morgan fingerprint density at radius 1 is 1.38 bits per heavy atom. The van der Waals surface area contributed by atoms with Gasteiger partial charge in [0.05, 0.1) is 12.4 Å². The summed E-state index contributed by atoms with van der Waals surface area (Å²) in [5.74, 6) is -0.0360. The summed E-state index contributed by atoms with van der Waals surface area (Å²) in [5.41, 5.74) is 5.23. The van der Waals surface area contributed by atoms with Crippen LogP contribution in [0.25, 0.3) is 0 Å². The second-order valence-electron chi connectivity index (χ2n) is 2.31. The van der Waals surface area contributed by atoms with Gasteiger partial charge in [0.1, 0.15) is 0 Å². The van der Waals surface area contributed by atoms with Crippen LogP contribution in [0.15, 0.2) is 24.5 Å². The molecule has 0 aliphatic rings. The molecule has 0 atom stereocenters. The fraction of sp³-hybridized carbons (Fsp3) is 0.250. The first-order valence-electron chi connectivity index (χ1n) is 3.89. The van der Waals surface area contributed by atoms with E-state index in [1.165, 1.54) is 0 Å². The smallest absolute Gasteiger partial charge is 0.223 e. The van der Waals surface area contributed by atoms with E-state index in [1.807, 2.05) is 12.2 Å². The normalized spacial score (nSPS) is 10.6. The van der Waals surface area contributed by atoms with Crippen LogP contribution in [0.1, 0.15) is 0 Å². The van der Waals surface area contributed by atoms with Gasteiger partial charge in [-0.05, 0) is 0 Å². The van der Waals surface area contributed by atoms with Crippen molar-refractivity contribution in [3.05, 3.63) is 30.4 Å². The minimum Gasteiger partial charge on any atom is -0.351 e. The lowest BCUT2D eigenvalue weighted by Crippen LogP contribution is -2.03. The predicted octanol–water partition coefficient (Wildman–Crippen LogP) is 0.542. The number of aromatic nitrogens is 2. The number of rotatable bonds is 4. The van der Waals surface area contributed by atoms with Crippen LogP contribution >= 0.6 is 0 Å². The van der Waals surface area contributed by atoms with Gasteiger partial charge in [-0.3, -0.25) is 0 Å². The highest BCUT2D eigenvalue weighted by atomic mass is 19.1. The molecule has 0 spiro atoms. The molecular formula is C8H11FN4. The lowest BCUT2D eigenvalue weighted by molar-refractivity contribution is 0.614. The summed E-state index contributed by atoms with van der Waals surface area (Å²) < 4.78 is 12.3. The Morgan fingerprint density at radius 2 is 2.08 bits per heavy atom. The third-order valence-electron chi connectivity index (χ3n) is 1.30. The zero-order chi connectivity index (χ0) is 9.52. The first-order valence-corrected chi connectivity index (χ1v) is 3.89. The zero-order valence-corrected chi connectivity index (χ0v) is 7.07. The predicted molar refractivity (Wildman–Crippen MR) is 48.7 cm³/mol. The molecule has 1 heterocycles. The quantitative estimate of drug-likeness (QED) is 0.667. The maximum Gasteiger partial charge on any atom is 0.223 e. The van der Waals surface area contributed by atoms with Crippen molar-refractivity contribution < 1.29 is 4.39 Å². The fourth-order valence-corrected chi connectivity index (χ4v) is 0.733. The number of nitrogens with zero attached hydrogens (tertiary/aromatic N) is 2. The molecule has 5 heteroatoms. The minimum atomic E-state index is -0.442. The van der Waals surface area contributed by atoms with E-state index in [1.54, 1.807) is 0 Å². The highest BCUT2D eigenvalue weighted by molar-refractivity contribution is 5.23. The minimum absolute atomic E-state index is 0.406. The maximum atomic E-state index is 12.3. The highest BCUT2D eigenvalue weighted by Crippen LogP contribution is 1.96. The van der Waals surface area contributed by atoms with Crippen LogP contribution in [0.3, 0.4) is 0 Å².